The van der Waals surface area contributed by atoms with Crippen molar-refractivity contribution in [1.29, 1.82) is 0 Å². The molecule has 1 N–H and O–H groups in total. The molecule has 1 rings (SSSR count). The predicted molar refractivity (Wildman–Crippen MR) is 64.8 cm³/mol. The maximum absolute atomic E-state index is 3.41. The minimum absolute atomic E-state index is 0.819. The molecule has 1 saturated heterocycles. The van der Waals surface area contributed by atoms with E-state index in [-0.39, 0.29) is 0 Å². The van der Waals surface area contributed by atoms with E-state index >= 15 is 0 Å². The smallest absolute Gasteiger partial charge is 0.0220 e. The molecule has 0 spiro atoms. The molecule has 0 saturated carbocycles. The molecule has 14 heavy (non-hydrogen) atoms. The third-order valence-electron chi connectivity index (χ3n) is 2.54. The summed E-state index contributed by atoms with van der Waals surface area (Å²) in [5.41, 5.74) is 0. The summed E-state index contributed by atoms with van der Waals surface area (Å²) < 4.78 is 0. The average Bonchev–Trinajstić information content (AvgIpc) is 2.63. The Morgan fingerprint density at radius 1 is 1.21 bits per heavy atom. The summed E-state index contributed by atoms with van der Waals surface area (Å²) in [6.07, 6.45) is 4.03. The van der Waals surface area contributed by atoms with Gasteiger partial charge in [-0.1, -0.05) is 34.1 Å². The van der Waals surface area contributed by atoms with Crippen molar-refractivity contribution in [3.63, 3.8) is 0 Å². The van der Waals surface area contributed by atoms with Gasteiger partial charge in [-0.2, -0.15) is 0 Å². The second-order valence-electron chi connectivity index (χ2n) is 3.94. The van der Waals surface area contributed by atoms with E-state index in [1.165, 1.54) is 38.9 Å². The van der Waals surface area contributed by atoms with Crippen molar-refractivity contribution >= 4 is 0 Å². The van der Waals surface area contributed by atoms with Crippen LogP contribution in [-0.2, 0) is 0 Å². The van der Waals surface area contributed by atoms with Crippen LogP contribution in [0.25, 0.3) is 0 Å². The zero-order valence-corrected chi connectivity index (χ0v) is 10.5. The van der Waals surface area contributed by atoms with Crippen molar-refractivity contribution in [2.24, 2.45) is 0 Å². The summed E-state index contributed by atoms with van der Waals surface area (Å²) in [5, 5.41) is 3.41. The van der Waals surface area contributed by atoms with Crippen LogP contribution in [0.1, 0.15) is 47.0 Å². The van der Waals surface area contributed by atoms with Gasteiger partial charge in [-0.15, -0.1) is 0 Å². The minimum atomic E-state index is 0.819. The SMILES string of the molecule is CCC.CCNC[C@@H]1CCCN1CC. The second kappa shape index (κ2) is 9.47. The van der Waals surface area contributed by atoms with Gasteiger partial charge >= 0.3 is 0 Å². The van der Waals surface area contributed by atoms with Gasteiger partial charge in [0.05, 0.1) is 0 Å². The molecule has 1 aliphatic rings. The zero-order valence-electron chi connectivity index (χ0n) is 10.5. The van der Waals surface area contributed by atoms with Gasteiger partial charge in [-0.25, -0.2) is 0 Å². The quantitative estimate of drug-likeness (QED) is 0.750. The van der Waals surface area contributed by atoms with Crippen molar-refractivity contribution < 1.29 is 0 Å². The van der Waals surface area contributed by atoms with Crippen LogP contribution in [0.2, 0.25) is 0 Å². The first-order valence-electron chi connectivity index (χ1n) is 6.24. The molecule has 2 heteroatoms. The van der Waals surface area contributed by atoms with Crippen molar-refractivity contribution in [2.45, 2.75) is 53.0 Å². The van der Waals surface area contributed by atoms with E-state index in [1.807, 2.05) is 0 Å². The fraction of sp³-hybridized carbons (Fsp3) is 1.00. The maximum atomic E-state index is 3.41. The van der Waals surface area contributed by atoms with Crippen molar-refractivity contribution in [3.8, 4) is 0 Å². The number of hydrogen-bond donors (Lipinski definition) is 1. The van der Waals surface area contributed by atoms with Gasteiger partial charge in [0.15, 0.2) is 0 Å². The lowest BCUT2D eigenvalue weighted by Gasteiger charge is -2.22. The molecule has 0 aromatic heterocycles. The molecule has 1 aliphatic heterocycles. The highest BCUT2D eigenvalue weighted by atomic mass is 15.2. The van der Waals surface area contributed by atoms with Crippen molar-refractivity contribution in [1.82, 2.24) is 10.2 Å². The zero-order chi connectivity index (χ0) is 10.8. The Labute approximate surface area is 90.1 Å². The fourth-order valence-electron chi connectivity index (χ4n) is 1.85. The third-order valence-corrected chi connectivity index (χ3v) is 2.54. The number of nitrogens with zero attached hydrogens (tertiary/aromatic N) is 1. The monoisotopic (exact) mass is 200 g/mol. The molecule has 0 amide bonds. The van der Waals surface area contributed by atoms with Crippen molar-refractivity contribution in [2.75, 3.05) is 26.2 Å². The molecule has 0 bridgehead atoms. The first-order valence-corrected chi connectivity index (χ1v) is 6.24. The summed E-state index contributed by atoms with van der Waals surface area (Å²) in [5.74, 6) is 0. The number of likely N-dealkylation sites (tertiary alicyclic amines) is 1. The topological polar surface area (TPSA) is 15.3 Å². The minimum Gasteiger partial charge on any atom is -0.315 e. The third kappa shape index (κ3) is 5.61. The predicted octanol–water partition coefficient (Wildman–Crippen LogP) is 2.50. The van der Waals surface area contributed by atoms with Crippen molar-refractivity contribution in [3.05, 3.63) is 0 Å². The van der Waals surface area contributed by atoms with Crippen LogP contribution >= 0.6 is 0 Å². The molecule has 1 atom stereocenters. The van der Waals surface area contributed by atoms with Gasteiger partial charge in [-0.05, 0) is 32.5 Å². The highest BCUT2D eigenvalue weighted by Gasteiger charge is 2.21. The first kappa shape index (κ1) is 13.9. The molecule has 0 aromatic rings. The Kier molecular flexibility index (Phi) is 9.42. The summed E-state index contributed by atoms with van der Waals surface area (Å²) in [6.45, 7) is 13.5. The van der Waals surface area contributed by atoms with Crippen LogP contribution in [0.15, 0.2) is 0 Å². The van der Waals surface area contributed by atoms with Gasteiger partial charge < -0.3 is 5.32 Å². The molecule has 0 radical (unpaired) electrons. The standard InChI is InChI=1S/C9H20N2.C3H8/c1-3-10-8-9-6-5-7-11(9)4-2;1-3-2/h9-10H,3-8H2,1-2H3;3H2,1-2H3/t9-;/m0./s1. The highest BCUT2D eigenvalue weighted by molar-refractivity contribution is 4.79. The normalized spacial score (nSPS) is 21.9. The van der Waals surface area contributed by atoms with Crippen LogP contribution in [-0.4, -0.2) is 37.1 Å². The molecule has 2 nitrogen and oxygen atoms in total. The number of rotatable bonds is 4. The van der Waals surface area contributed by atoms with E-state index in [0.717, 1.165) is 12.6 Å². The van der Waals surface area contributed by atoms with Gasteiger partial charge in [-0.3, -0.25) is 4.90 Å². The van der Waals surface area contributed by atoms with E-state index < -0.39 is 0 Å². The molecular weight excluding hydrogens is 172 g/mol. The summed E-state index contributed by atoms with van der Waals surface area (Å²) in [7, 11) is 0. The van der Waals surface area contributed by atoms with E-state index in [1.54, 1.807) is 0 Å². The van der Waals surface area contributed by atoms with Crippen LogP contribution in [0.4, 0.5) is 0 Å². The van der Waals surface area contributed by atoms with E-state index in [2.05, 4.69) is 37.9 Å². The Hall–Kier alpha value is -0.0800. The van der Waals surface area contributed by atoms with Gasteiger partial charge in [0.2, 0.25) is 0 Å². The maximum Gasteiger partial charge on any atom is 0.0220 e. The fourth-order valence-corrected chi connectivity index (χ4v) is 1.85. The molecule has 0 aromatic carbocycles. The molecular formula is C12H28N2. The van der Waals surface area contributed by atoms with Crippen LogP contribution in [0.5, 0.6) is 0 Å². The Morgan fingerprint density at radius 3 is 2.36 bits per heavy atom. The van der Waals surface area contributed by atoms with Crippen LogP contribution in [0, 0.1) is 0 Å². The molecule has 0 unspecified atom stereocenters. The van der Waals surface area contributed by atoms with Crippen LogP contribution < -0.4 is 5.32 Å². The largest absolute Gasteiger partial charge is 0.315 e. The average molecular weight is 200 g/mol. The first-order chi connectivity index (χ1) is 6.79. The number of likely N-dealkylation sites (N-methyl/N-ethyl adjacent to an activating group) is 2. The Bertz CT molecular complexity index is 115. The molecule has 86 valence electrons. The summed E-state index contributed by atoms with van der Waals surface area (Å²) in [4.78, 5) is 2.57. The van der Waals surface area contributed by atoms with E-state index in [9.17, 15) is 0 Å². The Morgan fingerprint density at radius 2 is 1.86 bits per heavy atom. The molecule has 1 heterocycles. The number of nitrogens with one attached hydrogen (secondary N) is 1. The lowest BCUT2D eigenvalue weighted by molar-refractivity contribution is 0.261. The van der Waals surface area contributed by atoms with E-state index in [4.69, 9.17) is 0 Å². The lowest BCUT2D eigenvalue weighted by Crippen LogP contribution is -2.37. The second-order valence-corrected chi connectivity index (χ2v) is 3.94. The molecule has 0 aliphatic carbocycles. The lowest BCUT2D eigenvalue weighted by atomic mass is 10.2. The number of hydrogen-bond acceptors (Lipinski definition) is 2. The highest BCUT2D eigenvalue weighted by Crippen LogP contribution is 2.15. The van der Waals surface area contributed by atoms with Gasteiger partial charge in [0, 0.05) is 12.6 Å². The van der Waals surface area contributed by atoms with Crippen LogP contribution in [0.3, 0.4) is 0 Å². The summed E-state index contributed by atoms with van der Waals surface area (Å²) in [6, 6.07) is 0.819. The summed E-state index contributed by atoms with van der Waals surface area (Å²) >= 11 is 0. The van der Waals surface area contributed by atoms with Gasteiger partial charge in [0.25, 0.3) is 0 Å². The molecule has 1 fully saturated rings. The van der Waals surface area contributed by atoms with E-state index in [0.29, 0.717) is 0 Å². The van der Waals surface area contributed by atoms with Gasteiger partial charge in [0.1, 0.15) is 0 Å². The Balaban J connectivity index is 0.000000500.